The highest BCUT2D eigenvalue weighted by atomic mass is 127. The molecule has 7 nitrogen and oxygen atoms in total. The van der Waals surface area contributed by atoms with Gasteiger partial charge in [0.05, 0.1) is 12.2 Å². The molecule has 0 bridgehead atoms. The second-order valence-electron chi connectivity index (χ2n) is 8.48. The quantitative estimate of drug-likeness (QED) is 0.129. The van der Waals surface area contributed by atoms with Gasteiger partial charge in [-0.15, -0.1) is 4.76 Å². The lowest BCUT2D eigenvalue weighted by molar-refractivity contribution is 0.0667. The van der Waals surface area contributed by atoms with Gasteiger partial charge in [-0.1, -0.05) is 87.3 Å². The third-order valence-corrected chi connectivity index (χ3v) is 7.75. The van der Waals surface area contributed by atoms with Crippen LogP contribution in [0.15, 0.2) is 4.76 Å². The average molecular weight is 557 g/mol. The van der Waals surface area contributed by atoms with Crippen molar-refractivity contribution >= 4 is 36.3 Å². The number of nitrogens with zero attached hydrogens (tertiary/aromatic N) is 3. The minimum atomic E-state index is -4.06. The number of unbranched alkanes of at least 4 members (excludes halogenated alkanes) is 9. The summed E-state index contributed by atoms with van der Waals surface area (Å²) in [6.45, 7) is 5.37. The van der Waals surface area contributed by atoms with Crippen LogP contribution in [0, 0.1) is 0 Å². The lowest BCUT2D eigenvalue weighted by Gasteiger charge is -2.23. The molecule has 0 saturated carbocycles. The highest BCUT2D eigenvalue weighted by Crippen LogP contribution is 2.48. The molecule has 0 spiro atoms. The van der Waals surface area contributed by atoms with Gasteiger partial charge in [0.2, 0.25) is 5.96 Å². The van der Waals surface area contributed by atoms with Crippen LogP contribution in [0.5, 0.6) is 0 Å². The van der Waals surface area contributed by atoms with E-state index in [1.165, 1.54) is 57.8 Å². The third-order valence-electron chi connectivity index (χ3n) is 5.90. The van der Waals surface area contributed by atoms with Gasteiger partial charge in [0.15, 0.2) is 0 Å². The Morgan fingerprint density at radius 2 is 1.77 bits per heavy atom. The molecule has 0 aromatic carbocycles. The molecule has 2 rings (SSSR count). The Balaban J connectivity index is 1.71. The zero-order valence-corrected chi connectivity index (χ0v) is 21.9. The zero-order chi connectivity index (χ0) is 21.8. The van der Waals surface area contributed by atoms with E-state index in [4.69, 9.17) is 9.26 Å². The number of halogens is 1. The Hall–Kier alpha value is 0.110. The largest absolute Gasteiger partial charge is 0.454 e. The summed E-state index contributed by atoms with van der Waals surface area (Å²) in [6.07, 6.45) is 13.2. The first-order valence-electron chi connectivity index (χ1n) is 11.7. The van der Waals surface area contributed by atoms with E-state index < -0.39 is 7.75 Å². The SMILES string of the molecule is CCCCCCCCCCCCN1CCN(C)/C1=N\P(=O)(O)O[C@@H]1CCO[C@@H]1CI. The molecule has 3 atom stereocenters. The van der Waals surface area contributed by atoms with E-state index in [2.05, 4.69) is 39.2 Å². The van der Waals surface area contributed by atoms with Crippen LogP contribution >= 0.6 is 30.3 Å². The molecule has 1 unspecified atom stereocenters. The van der Waals surface area contributed by atoms with Crippen molar-refractivity contribution in [1.29, 1.82) is 0 Å². The van der Waals surface area contributed by atoms with E-state index in [0.29, 0.717) is 19.0 Å². The summed E-state index contributed by atoms with van der Waals surface area (Å²) in [5.74, 6) is 0.585. The van der Waals surface area contributed by atoms with Gasteiger partial charge in [0.1, 0.15) is 0 Å². The predicted molar refractivity (Wildman–Crippen MR) is 131 cm³/mol. The highest BCUT2D eigenvalue weighted by molar-refractivity contribution is 14.1. The number of likely N-dealkylation sites (N-methyl/N-ethyl adjacent to an activating group) is 1. The maximum atomic E-state index is 12.7. The number of guanidine groups is 1. The second kappa shape index (κ2) is 14.3. The number of ether oxygens (including phenoxy) is 1. The first-order chi connectivity index (χ1) is 14.5. The van der Waals surface area contributed by atoms with Crippen LogP contribution in [-0.4, -0.2) is 70.6 Å². The van der Waals surface area contributed by atoms with Crippen LogP contribution in [0.1, 0.15) is 77.6 Å². The molecule has 0 aromatic rings. The summed E-state index contributed by atoms with van der Waals surface area (Å²) in [4.78, 5) is 14.4. The number of hydrogen-bond donors (Lipinski definition) is 1. The van der Waals surface area contributed by atoms with Crippen molar-refractivity contribution in [2.45, 2.75) is 89.8 Å². The fraction of sp³-hybridized carbons (Fsp3) is 0.952. The number of alkyl halides is 1. The van der Waals surface area contributed by atoms with Crippen LogP contribution in [-0.2, 0) is 13.8 Å². The normalized spacial score (nSPS) is 25.4. The van der Waals surface area contributed by atoms with Crippen LogP contribution in [0.4, 0.5) is 0 Å². The summed E-state index contributed by atoms with van der Waals surface area (Å²) in [5.41, 5.74) is 0. The lowest BCUT2D eigenvalue weighted by atomic mass is 10.1. The van der Waals surface area contributed by atoms with E-state index in [1.807, 2.05) is 11.9 Å². The molecule has 2 saturated heterocycles. The van der Waals surface area contributed by atoms with Crippen molar-refractivity contribution in [3.05, 3.63) is 0 Å². The van der Waals surface area contributed by atoms with Crippen LogP contribution in [0.3, 0.4) is 0 Å². The zero-order valence-electron chi connectivity index (χ0n) is 18.8. The molecule has 2 heterocycles. The maximum absolute atomic E-state index is 12.7. The van der Waals surface area contributed by atoms with E-state index in [1.54, 1.807) is 0 Å². The number of rotatable bonds is 15. The summed E-state index contributed by atoms with van der Waals surface area (Å²) >= 11 is 2.22. The topological polar surface area (TPSA) is 74.6 Å². The molecule has 2 aliphatic heterocycles. The molecule has 0 aliphatic carbocycles. The molecule has 1 N–H and O–H groups in total. The van der Waals surface area contributed by atoms with E-state index >= 15 is 0 Å². The summed E-state index contributed by atoms with van der Waals surface area (Å²) in [6, 6.07) is 0. The first kappa shape index (κ1) is 26.4. The molecule has 176 valence electrons. The van der Waals surface area contributed by atoms with Crippen LogP contribution in [0.25, 0.3) is 0 Å². The summed E-state index contributed by atoms with van der Waals surface area (Å²) in [5, 5.41) is 0. The third kappa shape index (κ3) is 9.31. The van der Waals surface area contributed by atoms with Gasteiger partial charge in [-0.05, 0) is 6.42 Å². The molecule has 0 amide bonds. The van der Waals surface area contributed by atoms with E-state index in [-0.39, 0.29) is 12.2 Å². The van der Waals surface area contributed by atoms with Gasteiger partial charge in [-0.25, -0.2) is 4.57 Å². The van der Waals surface area contributed by atoms with E-state index in [9.17, 15) is 9.46 Å². The minimum absolute atomic E-state index is 0.129. The molecule has 9 heteroatoms. The molecule has 2 aliphatic rings. The summed E-state index contributed by atoms with van der Waals surface area (Å²) < 4.78 is 28.6. The van der Waals surface area contributed by atoms with Crippen molar-refractivity contribution < 1.29 is 18.7 Å². The van der Waals surface area contributed by atoms with Crippen molar-refractivity contribution in [2.24, 2.45) is 4.76 Å². The Kier molecular flexibility index (Phi) is 12.6. The first-order valence-corrected chi connectivity index (χ1v) is 14.8. The monoisotopic (exact) mass is 557 g/mol. The average Bonchev–Trinajstić information content (AvgIpc) is 3.29. The number of hydrogen-bond acceptors (Lipinski definition) is 3. The van der Waals surface area contributed by atoms with Gasteiger partial charge in [-0.2, -0.15) is 0 Å². The van der Waals surface area contributed by atoms with Gasteiger partial charge in [0.25, 0.3) is 0 Å². The van der Waals surface area contributed by atoms with Crippen molar-refractivity contribution in [2.75, 3.05) is 37.7 Å². The Labute approximate surface area is 196 Å². The van der Waals surface area contributed by atoms with Gasteiger partial charge in [0, 0.05) is 44.1 Å². The molecule has 2 fully saturated rings. The van der Waals surface area contributed by atoms with E-state index in [0.717, 1.165) is 30.5 Å². The Morgan fingerprint density at radius 1 is 1.13 bits per heavy atom. The Bertz CT molecular complexity index is 566. The van der Waals surface area contributed by atoms with Gasteiger partial charge in [-0.3, -0.25) is 4.52 Å². The highest BCUT2D eigenvalue weighted by Gasteiger charge is 2.36. The second-order valence-corrected chi connectivity index (χ2v) is 10.8. The molecular formula is C21H41IN3O4P. The van der Waals surface area contributed by atoms with Crippen molar-refractivity contribution in [3.63, 3.8) is 0 Å². The molecule has 0 aromatic heterocycles. The fourth-order valence-corrected chi connectivity index (χ4v) is 6.03. The molecule has 30 heavy (non-hydrogen) atoms. The smallest absolute Gasteiger partial charge is 0.375 e. The Morgan fingerprint density at radius 3 is 2.40 bits per heavy atom. The molecular weight excluding hydrogens is 516 g/mol. The van der Waals surface area contributed by atoms with Crippen molar-refractivity contribution in [3.8, 4) is 0 Å². The lowest BCUT2D eigenvalue weighted by Crippen LogP contribution is -2.32. The van der Waals surface area contributed by atoms with Crippen molar-refractivity contribution in [1.82, 2.24) is 9.80 Å². The van der Waals surface area contributed by atoms with Crippen LogP contribution < -0.4 is 0 Å². The predicted octanol–water partition coefficient (Wildman–Crippen LogP) is 5.22. The van der Waals surface area contributed by atoms with Crippen LogP contribution in [0.2, 0.25) is 0 Å². The fourth-order valence-electron chi connectivity index (χ4n) is 4.06. The minimum Gasteiger partial charge on any atom is -0.375 e. The standard InChI is InChI=1S/C21H41IN3O4P/c1-3-4-5-6-7-8-9-10-11-12-14-25-16-15-24(2)21(25)23-30(26,27)29-19-13-17-28-20(19)18-22/h19-20H,3-18H2,1-2H3,(H,26,27)/b23-21+/t19-,20-/m1/s1. The maximum Gasteiger partial charge on any atom is 0.454 e. The summed E-state index contributed by atoms with van der Waals surface area (Å²) in [7, 11) is -2.14. The van der Waals surface area contributed by atoms with Gasteiger partial charge < -0.3 is 19.4 Å². The van der Waals surface area contributed by atoms with Gasteiger partial charge >= 0.3 is 7.75 Å². The molecule has 0 radical (unpaired) electrons.